The van der Waals surface area contributed by atoms with Crippen molar-refractivity contribution in [2.45, 2.75) is 84.6 Å². The number of ether oxygens (including phenoxy) is 2. The summed E-state index contributed by atoms with van der Waals surface area (Å²) in [6, 6.07) is 0.473. The number of nitrogens with zero attached hydrogens (tertiary/aromatic N) is 3. The molecule has 0 aromatic rings. The number of nitrogens with one attached hydrogen (secondary N) is 1. The Hall–Kier alpha value is -2.03. The number of fused-ring (bicyclic) bond motifs is 4. The summed E-state index contributed by atoms with van der Waals surface area (Å²) in [7, 11) is 0. The second-order valence-corrected chi connectivity index (χ2v) is 11.9. The Morgan fingerprint density at radius 3 is 1.76 bits per heavy atom. The molecule has 1 N–H and O–H groups in total. The molecule has 0 aromatic heterocycles. The molecule has 33 heavy (non-hydrogen) atoms. The van der Waals surface area contributed by atoms with Crippen LogP contribution in [0, 0.1) is 11.8 Å². The van der Waals surface area contributed by atoms with E-state index in [0.29, 0.717) is 31.0 Å². The van der Waals surface area contributed by atoms with E-state index in [4.69, 9.17) is 9.47 Å². The van der Waals surface area contributed by atoms with Crippen molar-refractivity contribution in [1.82, 2.24) is 20.0 Å². The molecule has 4 heterocycles. The molecule has 9 heteroatoms. The van der Waals surface area contributed by atoms with Crippen molar-refractivity contribution in [3.05, 3.63) is 0 Å². The zero-order chi connectivity index (χ0) is 24.6. The van der Waals surface area contributed by atoms with Crippen molar-refractivity contribution in [2.24, 2.45) is 11.8 Å². The first-order chi connectivity index (χ1) is 15.2. The molecule has 4 unspecified atom stereocenters. The minimum atomic E-state index is -0.464. The molecule has 4 atom stereocenters. The zero-order valence-corrected chi connectivity index (χ0v) is 21.3. The van der Waals surface area contributed by atoms with Gasteiger partial charge in [-0.2, -0.15) is 0 Å². The molecule has 4 saturated heterocycles. The largest absolute Gasteiger partial charge is 0.444 e. The monoisotopic (exact) mass is 466 g/mol. The first-order valence-corrected chi connectivity index (χ1v) is 12.2. The normalized spacial score (nSPS) is 28.8. The number of carbonyl (C=O) groups excluding carboxylic acids is 3. The molecule has 9 nitrogen and oxygen atoms in total. The highest BCUT2D eigenvalue weighted by molar-refractivity contribution is 5.74. The number of carbonyl (C=O) groups is 3. The number of hydrogen-bond acceptors (Lipinski definition) is 6. The van der Waals surface area contributed by atoms with E-state index in [0.717, 1.165) is 39.0 Å². The van der Waals surface area contributed by atoms with E-state index in [1.807, 2.05) is 51.3 Å². The van der Waals surface area contributed by atoms with Crippen molar-refractivity contribution >= 4 is 18.1 Å². The van der Waals surface area contributed by atoms with Gasteiger partial charge in [0.05, 0.1) is 6.04 Å². The average molecular weight is 467 g/mol. The van der Waals surface area contributed by atoms with E-state index in [9.17, 15) is 14.4 Å². The highest BCUT2D eigenvalue weighted by atomic mass is 16.6. The van der Waals surface area contributed by atoms with Crippen LogP contribution >= 0.6 is 0 Å². The van der Waals surface area contributed by atoms with Gasteiger partial charge in [0.1, 0.15) is 11.2 Å². The van der Waals surface area contributed by atoms with Gasteiger partial charge >= 0.3 is 12.2 Å². The Balaban J connectivity index is 0.000000189. The number of rotatable bonds is 0. The molecule has 0 spiro atoms. The summed E-state index contributed by atoms with van der Waals surface area (Å²) in [5.74, 6) is 1.12. The third kappa shape index (κ3) is 6.98. The van der Waals surface area contributed by atoms with Gasteiger partial charge in [0, 0.05) is 45.7 Å². The Bertz CT molecular complexity index is 744. The molecule has 4 fully saturated rings. The Morgan fingerprint density at radius 1 is 0.727 bits per heavy atom. The van der Waals surface area contributed by atoms with Crippen LogP contribution < -0.4 is 5.32 Å². The van der Waals surface area contributed by atoms with Crippen molar-refractivity contribution in [1.29, 1.82) is 0 Å². The summed E-state index contributed by atoms with van der Waals surface area (Å²) in [6.07, 6.45) is 1.72. The molecular formula is C24H42N4O5. The molecular weight excluding hydrogens is 424 g/mol. The lowest BCUT2D eigenvalue weighted by atomic mass is 10.00. The quantitative estimate of drug-likeness (QED) is 0.590. The number of piperidine rings is 2. The van der Waals surface area contributed by atoms with E-state index in [1.54, 1.807) is 11.8 Å². The predicted molar refractivity (Wildman–Crippen MR) is 125 cm³/mol. The van der Waals surface area contributed by atoms with Gasteiger partial charge in [0.2, 0.25) is 5.91 Å². The van der Waals surface area contributed by atoms with Crippen LogP contribution in [0.25, 0.3) is 0 Å². The number of likely N-dealkylation sites (tertiary alicyclic amines) is 3. The second-order valence-electron chi connectivity index (χ2n) is 11.9. The van der Waals surface area contributed by atoms with Gasteiger partial charge in [-0.3, -0.25) is 4.79 Å². The molecule has 3 amide bonds. The summed E-state index contributed by atoms with van der Waals surface area (Å²) in [6.45, 7) is 17.8. The molecule has 0 radical (unpaired) electrons. The minimum Gasteiger partial charge on any atom is -0.444 e. The zero-order valence-electron chi connectivity index (χ0n) is 21.3. The van der Waals surface area contributed by atoms with Gasteiger partial charge in [0.25, 0.3) is 0 Å². The fraction of sp³-hybridized carbons (Fsp3) is 0.875. The molecule has 188 valence electrons. The number of hydrogen-bond donors (Lipinski definition) is 1. The summed E-state index contributed by atoms with van der Waals surface area (Å²) >= 11 is 0. The van der Waals surface area contributed by atoms with Crippen LogP contribution in [0.5, 0.6) is 0 Å². The van der Waals surface area contributed by atoms with Crippen LogP contribution in [-0.2, 0) is 14.3 Å². The molecule has 4 aliphatic rings. The standard InChI is InChI=1S/C13H22N2O3.C11H20N2O2/c1-9(16)14-6-10-5-11(8-14)15(7-10)12(17)18-13(2,3)4;1-11(2,3)15-10(14)13-7-8-4-9(13)6-12-5-8/h10-11H,5-8H2,1-4H3;8-9,12H,4-7H2,1-3H3. The van der Waals surface area contributed by atoms with Crippen molar-refractivity contribution in [3.8, 4) is 0 Å². The maximum absolute atomic E-state index is 12.1. The lowest BCUT2D eigenvalue weighted by Gasteiger charge is -2.32. The minimum absolute atomic E-state index is 0.0933. The maximum Gasteiger partial charge on any atom is 0.410 e. The lowest BCUT2D eigenvalue weighted by Crippen LogP contribution is -2.46. The molecule has 0 saturated carbocycles. The fourth-order valence-electron chi connectivity index (χ4n) is 5.11. The van der Waals surface area contributed by atoms with E-state index in [2.05, 4.69) is 5.32 Å². The van der Waals surface area contributed by atoms with Crippen LogP contribution in [0.1, 0.15) is 61.3 Å². The third-order valence-corrected chi connectivity index (χ3v) is 6.43. The fourth-order valence-corrected chi connectivity index (χ4v) is 5.11. The van der Waals surface area contributed by atoms with E-state index >= 15 is 0 Å². The molecule has 4 aliphatic heterocycles. The molecule has 4 rings (SSSR count). The van der Waals surface area contributed by atoms with E-state index in [-0.39, 0.29) is 29.7 Å². The third-order valence-electron chi connectivity index (χ3n) is 6.43. The smallest absolute Gasteiger partial charge is 0.410 e. The average Bonchev–Trinajstić information content (AvgIpc) is 3.13. The van der Waals surface area contributed by atoms with Gasteiger partial charge in [-0.1, -0.05) is 0 Å². The topological polar surface area (TPSA) is 91.4 Å². The molecule has 0 aromatic carbocycles. The first kappa shape index (κ1) is 25.6. The van der Waals surface area contributed by atoms with Gasteiger partial charge < -0.3 is 29.5 Å². The summed E-state index contributed by atoms with van der Waals surface area (Å²) < 4.78 is 10.8. The van der Waals surface area contributed by atoms with E-state index in [1.165, 1.54) is 0 Å². The van der Waals surface area contributed by atoms with Crippen molar-refractivity contribution in [2.75, 3.05) is 39.3 Å². The van der Waals surface area contributed by atoms with Crippen molar-refractivity contribution < 1.29 is 23.9 Å². The predicted octanol–water partition coefficient (Wildman–Crippen LogP) is 2.69. The van der Waals surface area contributed by atoms with Crippen LogP contribution in [0.15, 0.2) is 0 Å². The summed E-state index contributed by atoms with van der Waals surface area (Å²) in [5.41, 5.74) is -0.852. The van der Waals surface area contributed by atoms with E-state index < -0.39 is 5.60 Å². The Labute approximate surface area is 198 Å². The SMILES string of the molecule is CC(=O)N1CC2CC(C1)N(C(=O)OC(C)(C)C)C2.CC(C)(C)OC(=O)N1CC2CNCC1C2. The summed E-state index contributed by atoms with van der Waals surface area (Å²) in [5, 5.41) is 3.35. The summed E-state index contributed by atoms with van der Waals surface area (Å²) in [4.78, 5) is 40.9. The number of amides is 3. The maximum atomic E-state index is 12.1. The molecule has 4 bridgehead atoms. The van der Waals surface area contributed by atoms with Gasteiger partial charge in [-0.25, -0.2) is 9.59 Å². The van der Waals surface area contributed by atoms with Crippen LogP contribution in [0.3, 0.4) is 0 Å². The van der Waals surface area contributed by atoms with Crippen LogP contribution in [0.4, 0.5) is 9.59 Å². The van der Waals surface area contributed by atoms with Gasteiger partial charge in [0.15, 0.2) is 0 Å². The Kier molecular flexibility index (Phi) is 7.51. The molecule has 0 aliphatic carbocycles. The van der Waals surface area contributed by atoms with Crippen molar-refractivity contribution in [3.63, 3.8) is 0 Å². The Morgan fingerprint density at radius 2 is 1.24 bits per heavy atom. The first-order valence-electron chi connectivity index (χ1n) is 12.2. The highest BCUT2D eigenvalue weighted by Crippen LogP contribution is 2.31. The van der Waals surface area contributed by atoms with Gasteiger partial charge in [-0.05, 0) is 72.8 Å². The highest BCUT2D eigenvalue weighted by Gasteiger charge is 2.43. The second kappa shape index (κ2) is 9.68. The lowest BCUT2D eigenvalue weighted by molar-refractivity contribution is -0.130. The van der Waals surface area contributed by atoms with Crippen LogP contribution in [-0.4, -0.2) is 95.3 Å². The van der Waals surface area contributed by atoms with Crippen LogP contribution in [0.2, 0.25) is 0 Å². The van der Waals surface area contributed by atoms with Gasteiger partial charge in [-0.15, -0.1) is 0 Å².